The molecule has 0 aromatic carbocycles. The quantitative estimate of drug-likeness (QED) is 0.0313. The van der Waals surface area contributed by atoms with Gasteiger partial charge in [-0.3, -0.25) is 14.4 Å². The first-order chi connectivity index (χ1) is 53.0. The Morgan fingerprint density at radius 3 is 0.426 bits per heavy atom. The maximum atomic E-state index is 10.9. The molecule has 0 saturated carbocycles. The van der Waals surface area contributed by atoms with E-state index < -0.39 is 0 Å². The molecule has 0 atom stereocenters. The van der Waals surface area contributed by atoms with Crippen molar-refractivity contribution in [3.05, 3.63) is 63.3 Å². The molecule has 108 heavy (non-hydrogen) atoms. The summed E-state index contributed by atoms with van der Waals surface area (Å²) in [7, 11) is 0. The van der Waals surface area contributed by atoms with Crippen molar-refractivity contribution in [2.75, 3.05) is 32.8 Å². The van der Waals surface area contributed by atoms with E-state index in [2.05, 4.69) is 83.5 Å². The Balaban J connectivity index is -0.000000410. The molecule has 0 rings (SSSR count). The van der Waals surface area contributed by atoms with Gasteiger partial charge in [0, 0.05) is 31.8 Å². The van der Waals surface area contributed by atoms with Gasteiger partial charge in [0.1, 0.15) is 0 Å². The molecule has 0 aliphatic carbocycles. The normalized spacial score (nSPS) is 10.6. The van der Waals surface area contributed by atoms with Crippen LogP contribution in [0.3, 0.4) is 0 Å². The van der Waals surface area contributed by atoms with Crippen LogP contribution in [0.15, 0.2) is 63.3 Å². The van der Waals surface area contributed by atoms with E-state index in [9.17, 15) is 24.0 Å². The van der Waals surface area contributed by atoms with Gasteiger partial charge in [0.15, 0.2) is 0 Å². The van der Waals surface area contributed by atoms with Gasteiger partial charge in [-0.05, 0) is 50.3 Å². The van der Waals surface area contributed by atoms with Crippen LogP contribution in [0.25, 0.3) is 0 Å². The van der Waals surface area contributed by atoms with Crippen molar-refractivity contribution in [1.82, 2.24) is 16.0 Å². The number of carbonyl (C=O) groups is 5. The molecule has 0 radical (unpaired) electrons. The summed E-state index contributed by atoms with van der Waals surface area (Å²) in [5, 5.41) is 8.46. The summed E-state index contributed by atoms with van der Waals surface area (Å²) in [5.41, 5.74) is 0. The molecular formula is C98H189N3O7. The highest BCUT2D eigenvalue weighted by atomic mass is 16.5. The fourth-order valence-corrected chi connectivity index (χ4v) is 13.4. The first kappa shape index (κ1) is 113. The molecule has 0 unspecified atom stereocenters. The van der Waals surface area contributed by atoms with E-state index in [1.54, 1.807) is 0 Å². The average Bonchev–Trinajstić information content (AvgIpc) is 3.85. The molecule has 0 aromatic rings. The summed E-state index contributed by atoms with van der Waals surface area (Å²) in [5.74, 6) is -0.754. The Hall–Kier alpha value is -3.95. The zero-order valence-electron chi connectivity index (χ0n) is 73.4. The number of rotatable bonds is 83. The Morgan fingerprint density at radius 2 is 0.306 bits per heavy atom. The Morgan fingerprint density at radius 1 is 0.185 bits per heavy atom. The molecule has 638 valence electrons. The van der Waals surface area contributed by atoms with E-state index >= 15 is 0 Å². The standard InChI is InChI=1S/C21H41NO.C21H40O2.C19H37NO.C19H36O2.C18H35NO/c1-3-5-6-7-8-9-10-11-12-13-14-15-16-17-18-19-20-22-21(23)4-2;1-3-5-6-7-8-9-10-11-12-13-14-15-16-17-18-19-20-23-21(22)4-2;1-3-5-6-7-8-9-10-11-12-13-14-15-16-17-18-20-19(21)4-2;1-3-5-6-7-8-9-10-11-12-13-14-15-16-17-18-21-19(20)4-2;1-3-5-6-7-8-9-10-11-12-13-14-15-16-17-19-18(20)4-2/h4H,2-3,5-20H2,1H3,(H,22,23);4H,2-3,5-20H2,1H3;4H,2-3,5-18H2,1H3,(H,20,21);4H,2-3,5-18H2,1H3;4H,2-3,5-17H2,1H3,(H,19,20). The molecule has 0 spiro atoms. The van der Waals surface area contributed by atoms with Gasteiger partial charge in [0.2, 0.25) is 17.7 Å². The van der Waals surface area contributed by atoms with Gasteiger partial charge in [-0.15, -0.1) is 0 Å². The first-order valence-electron chi connectivity index (χ1n) is 47.3. The zero-order chi connectivity index (χ0) is 80.1. The van der Waals surface area contributed by atoms with Crippen LogP contribution in [-0.2, 0) is 33.4 Å². The monoisotopic (exact) mass is 1520 g/mol. The summed E-state index contributed by atoms with van der Waals surface area (Å²) in [6.45, 7) is 31.9. The van der Waals surface area contributed by atoms with Gasteiger partial charge < -0.3 is 25.4 Å². The number of ether oxygens (including phenoxy) is 2. The largest absolute Gasteiger partial charge is 0.463 e. The SMILES string of the molecule is C=CC(=O)NCCCCCCCCCCCCCCC.C=CC(=O)NCCCCCCCCCCCCCCCC.C=CC(=O)NCCCCCCCCCCCCCCCCCC.C=CC(=O)OCCCCCCCCCCCCCCCC.C=CC(=O)OCCCCCCCCCCCCCCCCCC. The molecule has 0 fully saturated rings. The Labute approximate surface area is 674 Å². The minimum atomic E-state index is -0.301. The van der Waals surface area contributed by atoms with Gasteiger partial charge in [0.05, 0.1) is 13.2 Å². The van der Waals surface area contributed by atoms with E-state index in [4.69, 9.17) is 9.47 Å². The molecule has 0 heterocycles. The van der Waals surface area contributed by atoms with Crippen LogP contribution in [0.4, 0.5) is 0 Å². The van der Waals surface area contributed by atoms with E-state index in [0.717, 1.165) is 51.7 Å². The lowest BCUT2D eigenvalue weighted by Gasteiger charge is -2.04. The lowest BCUT2D eigenvalue weighted by Crippen LogP contribution is -2.21. The third-order valence-corrected chi connectivity index (χ3v) is 20.6. The second-order valence-electron chi connectivity index (χ2n) is 31.3. The topological polar surface area (TPSA) is 140 Å². The van der Waals surface area contributed by atoms with Crippen molar-refractivity contribution in [1.29, 1.82) is 0 Å². The number of amides is 3. The molecule has 3 N–H and O–H groups in total. The predicted octanol–water partition coefficient (Wildman–Crippen LogP) is 30.9. The predicted molar refractivity (Wildman–Crippen MR) is 477 cm³/mol. The average molecular weight is 1520 g/mol. The molecule has 0 bridgehead atoms. The van der Waals surface area contributed by atoms with Crippen LogP contribution in [0, 0.1) is 0 Å². The third kappa shape index (κ3) is 118. The molecule has 0 saturated heterocycles. The van der Waals surface area contributed by atoms with Crippen molar-refractivity contribution in [2.45, 2.75) is 503 Å². The van der Waals surface area contributed by atoms with E-state index in [-0.39, 0.29) is 29.7 Å². The molecule has 10 nitrogen and oxygen atoms in total. The van der Waals surface area contributed by atoms with Crippen molar-refractivity contribution in [3.8, 4) is 0 Å². The lowest BCUT2D eigenvalue weighted by atomic mass is 10.0. The van der Waals surface area contributed by atoms with Crippen LogP contribution in [0.2, 0.25) is 0 Å². The minimum absolute atomic E-state index is 0.0500. The molecule has 0 aromatic heterocycles. The molecule has 0 aliphatic rings. The number of nitrogens with one attached hydrogen (secondary N) is 3. The maximum absolute atomic E-state index is 10.9. The number of hydrogen-bond acceptors (Lipinski definition) is 7. The summed E-state index contributed by atoms with van der Waals surface area (Å²) in [6.07, 6.45) is 106. The van der Waals surface area contributed by atoms with Crippen molar-refractivity contribution in [2.24, 2.45) is 0 Å². The van der Waals surface area contributed by atoms with E-state index in [1.807, 2.05) is 0 Å². The van der Waals surface area contributed by atoms with Crippen LogP contribution in [0.5, 0.6) is 0 Å². The van der Waals surface area contributed by atoms with Gasteiger partial charge in [0.25, 0.3) is 0 Å². The number of hydrogen-bond donors (Lipinski definition) is 3. The van der Waals surface area contributed by atoms with Gasteiger partial charge in [-0.25, -0.2) is 9.59 Å². The van der Waals surface area contributed by atoms with Crippen molar-refractivity contribution >= 4 is 29.7 Å². The number of carbonyl (C=O) groups excluding carboxylic acids is 5. The van der Waals surface area contributed by atoms with E-state index in [0.29, 0.717) is 13.2 Å². The molecule has 3 amide bonds. The third-order valence-electron chi connectivity index (χ3n) is 20.6. The Kier molecular flexibility index (Phi) is 114. The maximum Gasteiger partial charge on any atom is 0.330 e. The van der Waals surface area contributed by atoms with Crippen molar-refractivity contribution in [3.63, 3.8) is 0 Å². The highest BCUT2D eigenvalue weighted by molar-refractivity contribution is 5.87. The molecular weight excluding hydrogens is 1330 g/mol. The number of unbranched alkanes of at least 4 members (excludes halogenated alkanes) is 68. The van der Waals surface area contributed by atoms with Crippen LogP contribution < -0.4 is 16.0 Å². The van der Waals surface area contributed by atoms with Crippen LogP contribution >= 0.6 is 0 Å². The smallest absolute Gasteiger partial charge is 0.330 e. The fraction of sp³-hybridized carbons (Fsp3) is 0.847. The molecule has 10 heteroatoms. The first-order valence-corrected chi connectivity index (χ1v) is 47.3. The van der Waals surface area contributed by atoms with Gasteiger partial charge in [-0.2, -0.15) is 0 Å². The fourth-order valence-electron chi connectivity index (χ4n) is 13.4. The van der Waals surface area contributed by atoms with Crippen LogP contribution in [-0.4, -0.2) is 62.5 Å². The van der Waals surface area contributed by atoms with Crippen LogP contribution in [0.1, 0.15) is 503 Å². The van der Waals surface area contributed by atoms with E-state index in [1.165, 1.54) is 467 Å². The Bertz CT molecular complexity index is 1710. The second kappa shape index (κ2) is 109. The zero-order valence-corrected chi connectivity index (χ0v) is 73.4. The summed E-state index contributed by atoms with van der Waals surface area (Å²) in [6, 6.07) is 0. The summed E-state index contributed by atoms with van der Waals surface area (Å²) in [4.78, 5) is 54.4. The van der Waals surface area contributed by atoms with Gasteiger partial charge >= 0.3 is 11.9 Å². The minimum Gasteiger partial charge on any atom is -0.463 e. The highest BCUT2D eigenvalue weighted by Crippen LogP contribution is 2.19. The summed E-state index contributed by atoms with van der Waals surface area (Å²) >= 11 is 0. The molecule has 0 aliphatic heterocycles. The number of esters is 2. The van der Waals surface area contributed by atoms with Gasteiger partial charge in [-0.1, -0.05) is 504 Å². The highest BCUT2D eigenvalue weighted by Gasteiger charge is 2.03. The second-order valence-corrected chi connectivity index (χ2v) is 31.3. The summed E-state index contributed by atoms with van der Waals surface area (Å²) < 4.78 is 9.89. The van der Waals surface area contributed by atoms with Crippen molar-refractivity contribution < 1.29 is 33.4 Å². The lowest BCUT2D eigenvalue weighted by molar-refractivity contribution is -0.138.